The van der Waals surface area contributed by atoms with Gasteiger partial charge in [-0.2, -0.15) is 0 Å². The molecule has 2 atom stereocenters. The second kappa shape index (κ2) is 5.23. The molecule has 0 aromatic heterocycles. The molecule has 15 heavy (non-hydrogen) atoms. The SMILES string of the molecule is C#CC1=C[C@H](OC(=O)OC=C)C[C@H](O)C1. The normalized spacial score (nSPS) is 24.7. The number of ether oxygens (including phenoxy) is 2. The van der Waals surface area contributed by atoms with E-state index in [1.54, 1.807) is 6.08 Å². The minimum absolute atomic E-state index is 0.331. The van der Waals surface area contributed by atoms with Crippen LogP contribution in [-0.4, -0.2) is 23.5 Å². The van der Waals surface area contributed by atoms with E-state index in [1.807, 2.05) is 0 Å². The Labute approximate surface area is 88.2 Å². The lowest BCUT2D eigenvalue weighted by Gasteiger charge is -2.22. The molecule has 0 aromatic rings. The van der Waals surface area contributed by atoms with Crippen LogP contribution < -0.4 is 0 Å². The Balaban J connectivity index is 2.59. The first-order chi connectivity index (χ1) is 7.15. The van der Waals surface area contributed by atoms with Gasteiger partial charge in [0.2, 0.25) is 0 Å². The topological polar surface area (TPSA) is 55.8 Å². The van der Waals surface area contributed by atoms with Crippen LogP contribution in [0, 0.1) is 12.3 Å². The molecule has 4 heteroatoms. The summed E-state index contributed by atoms with van der Waals surface area (Å²) in [5.41, 5.74) is 0.630. The largest absolute Gasteiger partial charge is 0.513 e. The summed E-state index contributed by atoms with van der Waals surface area (Å²) < 4.78 is 9.26. The van der Waals surface area contributed by atoms with Crippen molar-refractivity contribution in [3.63, 3.8) is 0 Å². The van der Waals surface area contributed by atoms with E-state index in [9.17, 15) is 9.90 Å². The van der Waals surface area contributed by atoms with Crippen molar-refractivity contribution in [2.24, 2.45) is 0 Å². The maximum absolute atomic E-state index is 10.9. The van der Waals surface area contributed by atoms with Gasteiger partial charge in [-0.15, -0.1) is 6.42 Å². The van der Waals surface area contributed by atoms with Crippen LogP contribution in [0.1, 0.15) is 12.8 Å². The van der Waals surface area contributed by atoms with E-state index >= 15 is 0 Å². The molecule has 1 N–H and O–H groups in total. The number of aliphatic hydroxyl groups is 1. The number of carbonyl (C=O) groups is 1. The lowest BCUT2D eigenvalue weighted by atomic mass is 9.95. The molecule has 4 nitrogen and oxygen atoms in total. The maximum Gasteiger partial charge on any atom is 0.513 e. The third-order valence-electron chi connectivity index (χ3n) is 1.96. The second-order valence-corrected chi connectivity index (χ2v) is 3.12. The monoisotopic (exact) mass is 208 g/mol. The molecule has 80 valence electrons. The van der Waals surface area contributed by atoms with Crippen molar-refractivity contribution in [2.75, 3.05) is 0 Å². The summed E-state index contributed by atoms with van der Waals surface area (Å²) in [5, 5.41) is 9.44. The van der Waals surface area contributed by atoms with Crippen molar-refractivity contribution in [2.45, 2.75) is 25.0 Å². The van der Waals surface area contributed by atoms with E-state index in [0.717, 1.165) is 6.26 Å². The number of terminal acetylenes is 1. The van der Waals surface area contributed by atoms with Gasteiger partial charge < -0.3 is 14.6 Å². The van der Waals surface area contributed by atoms with Gasteiger partial charge in [0.25, 0.3) is 0 Å². The van der Waals surface area contributed by atoms with Crippen LogP contribution in [0.2, 0.25) is 0 Å². The highest BCUT2D eigenvalue weighted by Gasteiger charge is 2.23. The number of carbonyl (C=O) groups excluding carboxylic acids is 1. The van der Waals surface area contributed by atoms with Crippen molar-refractivity contribution >= 4 is 6.16 Å². The van der Waals surface area contributed by atoms with E-state index in [2.05, 4.69) is 17.2 Å². The Morgan fingerprint density at radius 3 is 3.13 bits per heavy atom. The van der Waals surface area contributed by atoms with Crippen LogP contribution in [0.15, 0.2) is 24.5 Å². The van der Waals surface area contributed by atoms with Gasteiger partial charge in [-0.25, -0.2) is 4.79 Å². The smallest absolute Gasteiger partial charge is 0.426 e. The summed E-state index contributed by atoms with van der Waals surface area (Å²) in [6, 6.07) is 0. The van der Waals surface area contributed by atoms with E-state index in [4.69, 9.17) is 11.2 Å². The highest BCUT2D eigenvalue weighted by atomic mass is 16.7. The molecule has 0 aliphatic heterocycles. The van der Waals surface area contributed by atoms with Gasteiger partial charge in [0.15, 0.2) is 0 Å². The molecule has 0 saturated carbocycles. The molecule has 1 aliphatic carbocycles. The summed E-state index contributed by atoms with van der Waals surface area (Å²) in [6.45, 7) is 3.22. The average Bonchev–Trinajstić information content (AvgIpc) is 2.17. The highest BCUT2D eigenvalue weighted by molar-refractivity contribution is 5.61. The van der Waals surface area contributed by atoms with E-state index in [-0.39, 0.29) is 0 Å². The van der Waals surface area contributed by atoms with Gasteiger partial charge in [-0.1, -0.05) is 12.5 Å². The fourth-order valence-corrected chi connectivity index (χ4v) is 1.37. The zero-order chi connectivity index (χ0) is 11.3. The third-order valence-corrected chi connectivity index (χ3v) is 1.96. The third kappa shape index (κ3) is 3.49. The second-order valence-electron chi connectivity index (χ2n) is 3.12. The molecule has 0 spiro atoms. The van der Waals surface area contributed by atoms with Crippen LogP contribution >= 0.6 is 0 Å². The molecule has 0 aromatic carbocycles. The molecule has 0 fully saturated rings. The fourth-order valence-electron chi connectivity index (χ4n) is 1.37. The first kappa shape index (κ1) is 11.3. The van der Waals surface area contributed by atoms with Crippen molar-refractivity contribution in [1.29, 1.82) is 0 Å². The Bertz CT molecular complexity index is 324. The number of hydrogen-bond donors (Lipinski definition) is 1. The summed E-state index contributed by atoms with van der Waals surface area (Å²) in [5.74, 6) is 2.42. The van der Waals surface area contributed by atoms with Crippen LogP contribution in [0.25, 0.3) is 0 Å². The summed E-state index contributed by atoms with van der Waals surface area (Å²) in [7, 11) is 0. The number of rotatable bonds is 2. The zero-order valence-corrected chi connectivity index (χ0v) is 8.18. The molecule has 0 bridgehead atoms. The molecule has 0 heterocycles. The van der Waals surface area contributed by atoms with Gasteiger partial charge >= 0.3 is 6.16 Å². The molecule has 0 saturated heterocycles. The summed E-state index contributed by atoms with van der Waals surface area (Å²) in [4.78, 5) is 10.9. The number of aliphatic hydroxyl groups excluding tert-OH is 1. The Kier molecular flexibility index (Phi) is 3.95. The minimum atomic E-state index is -0.850. The molecule has 0 radical (unpaired) electrons. The van der Waals surface area contributed by atoms with Gasteiger partial charge in [-0.05, 0) is 6.08 Å². The van der Waals surface area contributed by atoms with Crippen LogP contribution in [0.3, 0.4) is 0 Å². The van der Waals surface area contributed by atoms with Gasteiger partial charge in [0, 0.05) is 18.4 Å². The summed E-state index contributed by atoms with van der Waals surface area (Å²) >= 11 is 0. The van der Waals surface area contributed by atoms with Crippen molar-refractivity contribution in [3.05, 3.63) is 24.5 Å². The standard InChI is InChI=1S/C11H12O4/c1-3-8-5-9(12)7-10(6-8)15-11(13)14-4-2/h1,4,6,9-10,12H,2,5,7H2/t9-,10+/m1/s1. The van der Waals surface area contributed by atoms with Crippen LogP contribution in [-0.2, 0) is 9.47 Å². The first-order valence-electron chi connectivity index (χ1n) is 4.49. The summed E-state index contributed by atoms with van der Waals surface area (Å²) in [6.07, 6.45) is 6.60. The lowest BCUT2D eigenvalue weighted by Crippen LogP contribution is -2.26. The van der Waals surface area contributed by atoms with Crippen molar-refractivity contribution in [1.82, 2.24) is 0 Å². The van der Waals surface area contributed by atoms with Gasteiger partial charge in [0.1, 0.15) is 6.10 Å². The van der Waals surface area contributed by atoms with Crippen molar-refractivity contribution < 1.29 is 19.4 Å². The van der Waals surface area contributed by atoms with E-state index in [1.165, 1.54) is 0 Å². The minimum Gasteiger partial charge on any atom is -0.426 e. The molecule has 0 unspecified atom stereocenters. The molecule has 1 aliphatic rings. The molecular weight excluding hydrogens is 196 g/mol. The van der Waals surface area contributed by atoms with E-state index in [0.29, 0.717) is 18.4 Å². The average molecular weight is 208 g/mol. The van der Waals surface area contributed by atoms with Crippen molar-refractivity contribution in [3.8, 4) is 12.3 Å². The zero-order valence-electron chi connectivity index (χ0n) is 8.18. The first-order valence-corrected chi connectivity index (χ1v) is 4.49. The Hall–Kier alpha value is -1.73. The molecular formula is C11H12O4. The quantitative estimate of drug-likeness (QED) is 0.423. The maximum atomic E-state index is 10.9. The Morgan fingerprint density at radius 2 is 2.53 bits per heavy atom. The Morgan fingerprint density at radius 1 is 1.80 bits per heavy atom. The highest BCUT2D eigenvalue weighted by Crippen LogP contribution is 2.20. The van der Waals surface area contributed by atoms with E-state index < -0.39 is 18.4 Å². The van der Waals surface area contributed by atoms with Gasteiger partial charge in [-0.3, -0.25) is 0 Å². The number of hydrogen-bond acceptors (Lipinski definition) is 4. The molecule has 0 amide bonds. The van der Waals surface area contributed by atoms with Crippen LogP contribution in [0.5, 0.6) is 0 Å². The molecule has 1 rings (SSSR count). The lowest BCUT2D eigenvalue weighted by molar-refractivity contribution is 0.0351. The fraction of sp³-hybridized carbons (Fsp3) is 0.364. The van der Waals surface area contributed by atoms with Gasteiger partial charge in [0.05, 0.1) is 12.4 Å². The predicted octanol–water partition coefficient (Wildman–Crippen LogP) is 1.37. The van der Waals surface area contributed by atoms with Crippen LogP contribution in [0.4, 0.5) is 4.79 Å². The predicted molar refractivity (Wildman–Crippen MR) is 53.7 cm³/mol.